The first-order chi connectivity index (χ1) is 6.81. The molecule has 4 N–H and O–H groups in total. The zero-order chi connectivity index (χ0) is 10.4. The molecule has 1 aromatic carbocycles. The molecule has 14 heavy (non-hydrogen) atoms. The van der Waals surface area contributed by atoms with Crippen molar-refractivity contribution in [3.05, 3.63) is 24.3 Å². The van der Waals surface area contributed by atoms with Gasteiger partial charge in [0, 0.05) is 7.05 Å². The molecule has 0 heterocycles. The van der Waals surface area contributed by atoms with E-state index in [4.69, 9.17) is 10.6 Å². The number of nitrogens with one attached hydrogen (secondary N) is 2. The smallest absolute Gasteiger partial charge is 0.210 e. The van der Waals surface area contributed by atoms with Gasteiger partial charge in [0.05, 0.1) is 12.8 Å². The molecule has 0 atom stereocenters. The monoisotopic (exact) mass is 194 g/mol. The van der Waals surface area contributed by atoms with Crippen LogP contribution in [0.3, 0.4) is 0 Å². The summed E-state index contributed by atoms with van der Waals surface area (Å²) in [5.41, 5.74) is 3.25. The molecule has 5 heteroatoms. The Hall–Kier alpha value is -1.75. The minimum Gasteiger partial charge on any atom is -0.495 e. The van der Waals surface area contributed by atoms with Crippen LogP contribution in [0.1, 0.15) is 0 Å². The van der Waals surface area contributed by atoms with Crippen molar-refractivity contribution in [1.82, 2.24) is 5.43 Å². The molecule has 0 bridgehead atoms. The highest BCUT2D eigenvalue weighted by atomic mass is 16.5. The summed E-state index contributed by atoms with van der Waals surface area (Å²) in [7, 11) is 3.25. The average Bonchev–Trinajstić information content (AvgIpc) is 2.26. The molecular weight excluding hydrogens is 180 g/mol. The van der Waals surface area contributed by atoms with Gasteiger partial charge in [-0.15, -0.1) is 0 Å². The number of hydrazine groups is 1. The number of nitrogens with zero attached hydrogens (tertiary/aromatic N) is 1. The zero-order valence-electron chi connectivity index (χ0n) is 8.24. The number of rotatable bonds is 2. The van der Waals surface area contributed by atoms with Crippen molar-refractivity contribution in [3.8, 4) is 5.75 Å². The molecule has 5 nitrogen and oxygen atoms in total. The lowest BCUT2D eigenvalue weighted by atomic mass is 10.3. The minimum absolute atomic E-state index is 0.481. The van der Waals surface area contributed by atoms with Crippen molar-refractivity contribution in [1.29, 1.82) is 0 Å². The van der Waals surface area contributed by atoms with Crippen molar-refractivity contribution >= 4 is 11.6 Å². The molecule has 0 saturated carbocycles. The summed E-state index contributed by atoms with van der Waals surface area (Å²) in [5, 5.41) is 2.99. The van der Waals surface area contributed by atoms with Crippen molar-refractivity contribution in [2.45, 2.75) is 0 Å². The largest absolute Gasteiger partial charge is 0.495 e. The maximum absolute atomic E-state index is 5.24. The van der Waals surface area contributed by atoms with E-state index in [1.54, 1.807) is 14.2 Å². The molecule has 0 unspecified atom stereocenters. The molecule has 0 saturated heterocycles. The van der Waals surface area contributed by atoms with Crippen LogP contribution < -0.4 is 21.3 Å². The fraction of sp³-hybridized carbons (Fsp3) is 0.222. The van der Waals surface area contributed by atoms with Crippen molar-refractivity contribution in [2.75, 3.05) is 19.5 Å². The number of benzene rings is 1. The van der Waals surface area contributed by atoms with Gasteiger partial charge >= 0.3 is 0 Å². The Morgan fingerprint density at radius 1 is 1.43 bits per heavy atom. The third kappa shape index (κ3) is 2.37. The quantitative estimate of drug-likeness (QED) is 0.278. The summed E-state index contributed by atoms with van der Waals surface area (Å²) >= 11 is 0. The van der Waals surface area contributed by atoms with Gasteiger partial charge in [-0.25, -0.2) is 5.84 Å². The molecule has 0 amide bonds. The second kappa shape index (κ2) is 5.08. The third-order valence-corrected chi connectivity index (χ3v) is 1.72. The third-order valence-electron chi connectivity index (χ3n) is 1.72. The molecule has 1 rings (SSSR count). The van der Waals surface area contributed by atoms with Crippen LogP contribution in [0.4, 0.5) is 5.69 Å². The number of guanidine groups is 1. The number of hydrogen-bond acceptors (Lipinski definition) is 3. The number of nitrogens with two attached hydrogens (primary N) is 1. The van der Waals surface area contributed by atoms with E-state index < -0.39 is 0 Å². The van der Waals surface area contributed by atoms with E-state index in [0.29, 0.717) is 5.96 Å². The van der Waals surface area contributed by atoms with Crippen LogP contribution in [0.25, 0.3) is 0 Å². The number of para-hydroxylation sites is 2. The van der Waals surface area contributed by atoms with Gasteiger partial charge in [0.2, 0.25) is 5.96 Å². The normalized spacial score (nSPS) is 10.9. The maximum atomic E-state index is 5.24. The van der Waals surface area contributed by atoms with Crippen LogP contribution in [0.15, 0.2) is 29.3 Å². The lowest BCUT2D eigenvalue weighted by Crippen LogP contribution is -2.36. The Labute approximate surface area is 82.9 Å². The lowest BCUT2D eigenvalue weighted by molar-refractivity contribution is 0.417. The Morgan fingerprint density at radius 3 is 2.71 bits per heavy atom. The summed E-state index contributed by atoms with van der Waals surface area (Å²) in [6.45, 7) is 0. The average molecular weight is 194 g/mol. The molecule has 76 valence electrons. The molecule has 0 fully saturated rings. The predicted molar refractivity (Wildman–Crippen MR) is 57.3 cm³/mol. The van der Waals surface area contributed by atoms with Gasteiger partial charge in [-0.05, 0) is 12.1 Å². The summed E-state index contributed by atoms with van der Waals surface area (Å²) in [6, 6.07) is 7.52. The molecule has 0 aliphatic carbocycles. The van der Waals surface area contributed by atoms with Gasteiger partial charge in [0.15, 0.2) is 0 Å². The van der Waals surface area contributed by atoms with Gasteiger partial charge in [-0.1, -0.05) is 12.1 Å². The second-order valence-corrected chi connectivity index (χ2v) is 2.54. The highest BCUT2D eigenvalue weighted by molar-refractivity contribution is 5.94. The topological polar surface area (TPSA) is 71.7 Å². The first kappa shape index (κ1) is 10.3. The summed E-state index contributed by atoms with van der Waals surface area (Å²) < 4.78 is 5.15. The first-order valence-corrected chi connectivity index (χ1v) is 4.15. The molecule has 0 aliphatic rings. The number of ether oxygens (including phenoxy) is 1. The van der Waals surface area contributed by atoms with E-state index in [2.05, 4.69) is 15.7 Å². The van der Waals surface area contributed by atoms with Crippen LogP contribution in [-0.2, 0) is 0 Å². The fourth-order valence-corrected chi connectivity index (χ4v) is 1.03. The van der Waals surface area contributed by atoms with Crippen LogP contribution in [0.5, 0.6) is 5.75 Å². The molecule has 0 aliphatic heterocycles. The number of hydrogen-bond donors (Lipinski definition) is 3. The van der Waals surface area contributed by atoms with E-state index in [1.807, 2.05) is 24.3 Å². The molecular formula is C9H14N4O. The van der Waals surface area contributed by atoms with Crippen molar-refractivity contribution < 1.29 is 4.74 Å². The van der Waals surface area contributed by atoms with Gasteiger partial charge in [0.1, 0.15) is 5.75 Å². The molecule has 0 radical (unpaired) electrons. The number of aliphatic imine (C=N–C) groups is 1. The van der Waals surface area contributed by atoms with Gasteiger partial charge < -0.3 is 10.1 Å². The van der Waals surface area contributed by atoms with Crippen molar-refractivity contribution in [3.63, 3.8) is 0 Å². The first-order valence-electron chi connectivity index (χ1n) is 4.15. The zero-order valence-corrected chi connectivity index (χ0v) is 8.24. The van der Waals surface area contributed by atoms with Crippen LogP contribution in [-0.4, -0.2) is 20.1 Å². The Bertz CT molecular complexity index is 324. The van der Waals surface area contributed by atoms with E-state index in [-0.39, 0.29) is 0 Å². The van der Waals surface area contributed by atoms with Gasteiger partial charge in [0.25, 0.3) is 0 Å². The Morgan fingerprint density at radius 2 is 2.14 bits per heavy atom. The maximum Gasteiger partial charge on any atom is 0.210 e. The minimum atomic E-state index is 0.481. The Kier molecular flexibility index (Phi) is 3.75. The second-order valence-electron chi connectivity index (χ2n) is 2.54. The van der Waals surface area contributed by atoms with Crippen LogP contribution in [0.2, 0.25) is 0 Å². The SMILES string of the molecule is CN=C(NN)Nc1ccccc1OC. The molecule has 0 aromatic heterocycles. The highest BCUT2D eigenvalue weighted by Gasteiger charge is 2.02. The van der Waals surface area contributed by atoms with Gasteiger partial charge in [-0.2, -0.15) is 0 Å². The van der Waals surface area contributed by atoms with E-state index >= 15 is 0 Å². The summed E-state index contributed by atoms with van der Waals surface area (Å²) in [5.74, 6) is 6.46. The van der Waals surface area contributed by atoms with E-state index in [9.17, 15) is 0 Å². The molecule has 1 aromatic rings. The fourth-order valence-electron chi connectivity index (χ4n) is 1.03. The van der Waals surface area contributed by atoms with E-state index in [1.165, 1.54) is 0 Å². The lowest BCUT2D eigenvalue weighted by Gasteiger charge is -2.11. The van der Waals surface area contributed by atoms with Crippen LogP contribution in [0, 0.1) is 0 Å². The van der Waals surface area contributed by atoms with Crippen LogP contribution >= 0.6 is 0 Å². The van der Waals surface area contributed by atoms with E-state index in [0.717, 1.165) is 11.4 Å². The number of methoxy groups -OCH3 is 1. The summed E-state index contributed by atoms with van der Waals surface area (Å²) in [6.07, 6.45) is 0. The predicted octanol–water partition coefficient (Wildman–Crippen LogP) is 0.556. The standard InChI is InChI=1S/C9H14N4O/c1-11-9(13-10)12-7-5-3-4-6-8(7)14-2/h3-6H,10H2,1-2H3,(H2,11,12,13). The Balaban J connectivity index is 2.85. The summed E-state index contributed by atoms with van der Waals surface area (Å²) in [4.78, 5) is 3.89. The van der Waals surface area contributed by atoms with Crippen molar-refractivity contribution in [2.24, 2.45) is 10.8 Å². The number of anilines is 1. The highest BCUT2D eigenvalue weighted by Crippen LogP contribution is 2.22. The van der Waals surface area contributed by atoms with Gasteiger partial charge in [-0.3, -0.25) is 10.4 Å². The molecule has 0 spiro atoms.